The summed E-state index contributed by atoms with van der Waals surface area (Å²) in [5, 5.41) is 18.6. The average molecular weight is 435 g/mol. The van der Waals surface area contributed by atoms with Crippen LogP contribution in [0.2, 0.25) is 0 Å². The normalized spacial score (nSPS) is 14.6. The molecule has 0 aliphatic heterocycles. The SMILES string of the molecule is O=C(OCCS(=O)(=O)CCOC(=O)On1c(O)ccc1O)OC1C(=O)CCC1=O. The molecule has 1 aromatic rings. The zero-order valence-corrected chi connectivity index (χ0v) is 15.6. The molecule has 0 unspecified atom stereocenters. The maximum Gasteiger partial charge on any atom is 0.533 e. The van der Waals surface area contributed by atoms with Crippen LogP contribution in [-0.2, 0) is 33.6 Å². The molecular formula is C15H17NO12S. The summed E-state index contributed by atoms with van der Waals surface area (Å²) >= 11 is 0. The Morgan fingerprint density at radius 2 is 1.45 bits per heavy atom. The predicted octanol–water partition coefficient (Wildman–Crippen LogP) is -0.667. The monoisotopic (exact) mass is 435 g/mol. The van der Waals surface area contributed by atoms with Crippen molar-refractivity contribution >= 4 is 33.7 Å². The van der Waals surface area contributed by atoms with Crippen LogP contribution in [0, 0.1) is 0 Å². The third kappa shape index (κ3) is 6.38. The topological polar surface area (TPSA) is 185 Å². The summed E-state index contributed by atoms with van der Waals surface area (Å²) in [6, 6.07) is 2.08. The van der Waals surface area contributed by atoms with Gasteiger partial charge < -0.3 is 24.4 Å². The molecule has 2 rings (SSSR count). The van der Waals surface area contributed by atoms with Crippen molar-refractivity contribution in [3.05, 3.63) is 12.1 Å². The Bertz CT molecular complexity index is 867. The van der Waals surface area contributed by atoms with E-state index in [-0.39, 0.29) is 12.8 Å². The van der Waals surface area contributed by atoms with Gasteiger partial charge in [0.2, 0.25) is 17.9 Å². The van der Waals surface area contributed by atoms with Crippen LogP contribution in [0.1, 0.15) is 12.8 Å². The highest BCUT2D eigenvalue weighted by Crippen LogP contribution is 2.18. The van der Waals surface area contributed by atoms with Crippen LogP contribution in [0.3, 0.4) is 0 Å². The Morgan fingerprint density at radius 3 is 1.97 bits per heavy atom. The number of Topliss-reactive ketones (excluding diaryl/α,β-unsaturated/α-hetero) is 2. The van der Waals surface area contributed by atoms with Gasteiger partial charge in [0.05, 0.1) is 11.5 Å². The van der Waals surface area contributed by atoms with E-state index in [1.165, 1.54) is 0 Å². The van der Waals surface area contributed by atoms with Gasteiger partial charge in [-0.05, 0) is 0 Å². The van der Waals surface area contributed by atoms with Gasteiger partial charge in [0.25, 0.3) is 0 Å². The summed E-state index contributed by atoms with van der Waals surface area (Å²) in [5.41, 5.74) is 0. The second kappa shape index (κ2) is 9.27. The molecule has 1 aliphatic rings. The quantitative estimate of drug-likeness (QED) is 0.388. The highest BCUT2D eigenvalue weighted by molar-refractivity contribution is 7.91. The number of ether oxygens (including phenoxy) is 3. The number of rotatable bonds is 8. The van der Waals surface area contributed by atoms with Gasteiger partial charge in [-0.2, -0.15) is 0 Å². The van der Waals surface area contributed by atoms with E-state index in [4.69, 9.17) is 0 Å². The molecule has 1 aliphatic carbocycles. The lowest BCUT2D eigenvalue weighted by Crippen LogP contribution is -2.29. The van der Waals surface area contributed by atoms with E-state index in [0.29, 0.717) is 4.73 Å². The van der Waals surface area contributed by atoms with Crippen LogP contribution in [-0.4, -0.2) is 78.1 Å². The lowest BCUT2D eigenvalue weighted by atomic mass is 10.3. The minimum atomic E-state index is -3.81. The number of sulfone groups is 1. The Hall–Kier alpha value is -3.29. The maximum atomic E-state index is 11.8. The van der Waals surface area contributed by atoms with Crippen molar-refractivity contribution in [3.8, 4) is 11.8 Å². The Balaban J connectivity index is 1.66. The molecule has 1 heterocycles. The van der Waals surface area contributed by atoms with Crippen molar-refractivity contribution in [1.29, 1.82) is 0 Å². The molecule has 0 bridgehead atoms. The van der Waals surface area contributed by atoms with Gasteiger partial charge in [-0.1, -0.05) is 0 Å². The van der Waals surface area contributed by atoms with Crippen molar-refractivity contribution in [1.82, 2.24) is 4.73 Å². The largest absolute Gasteiger partial charge is 0.533 e. The lowest BCUT2D eigenvalue weighted by molar-refractivity contribution is -0.134. The van der Waals surface area contributed by atoms with Crippen LogP contribution >= 0.6 is 0 Å². The number of aromatic nitrogens is 1. The molecule has 1 saturated carbocycles. The van der Waals surface area contributed by atoms with Gasteiger partial charge in [-0.15, -0.1) is 4.73 Å². The highest BCUT2D eigenvalue weighted by atomic mass is 32.2. The van der Waals surface area contributed by atoms with Crippen molar-refractivity contribution in [3.63, 3.8) is 0 Å². The summed E-state index contributed by atoms with van der Waals surface area (Å²) in [4.78, 5) is 49.9. The summed E-state index contributed by atoms with van der Waals surface area (Å²) < 4.78 is 37.6. The molecule has 0 radical (unpaired) electrons. The van der Waals surface area contributed by atoms with Crippen molar-refractivity contribution < 1.29 is 56.9 Å². The number of hydrogen-bond acceptors (Lipinski definition) is 12. The molecule has 0 amide bonds. The molecule has 14 heteroatoms. The summed E-state index contributed by atoms with van der Waals surface area (Å²) in [5.74, 6) is -3.54. The first-order valence-corrected chi connectivity index (χ1v) is 9.95. The third-order valence-corrected chi connectivity index (χ3v) is 5.19. The first-order valence-electron chi connectivity index (χ1n) is 8.13. The van der Waals surface area contributed by atoms with Crippen LogP contribution in [0.5, 0.6) is 11.8 Å². The fourth-order valence-electron chi connectivity index (χ4n) is 2.15. The first-order chi connectivity index (χ1) is 13.6. The zero-order chi connectivity index (χ0) is 21.6. The molecule has 0 spiro atoms. The highest BCUT2D eigenvalue weighted by Gasteiger charge is 2.36. The maximum absolute atomic E-state index is 11.8. The number of hydrogen-bond donors (Lipinski definition) is 2. The number of carbonyl (C=O) groups is 4. The van der Waals surface area contributed by atoms with Crippen molar-refractivity contribution in [2.75, 3.05) is 24.7 Å². The van der Waals surface area contributed by atoms with E-state index < -0.39 is 76.3 Å². The molecule has 0 saturated heterocycles. The number of aromatic hydroxyl groups is 2. The van der Waals surface area contributed by atoms with Crippen LogP contribution in [0.15, 0.2) is 12.1 Å². The first kappa shape index (κ1) is 22.0. The molecule has 0 aromatic carbocycles. The van der Waals surface area contributed by atoms with Gasteiger partial charge in [0, 0.05) is 25.0 Å². The second-order valence-corrected chi connectivity index (χ2v) is 8.02. The zero-order valence-electron chi connectivity index (χ0n) is 14.8. The number of carbonyl (C=O) groups excluding carboxylic acids is 4. The Morgan fingerprint density at radius 1 is 0.966 bits per heavy atom. The van der Waals surface area contributed by atoms with Crippen LogP contribution in [0.25, 0.3) is 0 Å². The van der Waals surface area contributed by atoms with Crippen LogP contribution < -0.4 is 4.84 Å². The van der Waals surface area contributed by atoms with Gasteiger partial charge in [-0.25, -0.2) is 18.0 Å². The van der Waals surface area contributed by atoms with Gasteiger partial charge in [0.1, 0.15) is 13.2 Å². The summed E-state index contributed by atoms with van der Waals surface area (Å²) in [6.45, 7) is -1.22. The molecule has 1 fully saturated rings. The predicted molar refractivity (Wildman–Crippen MR) is 89.8 cm³/mol. The molecule has 13 nitrogen and oxygen atoms in total. The molecule has 29 heavy (non-hydrogen) atoms. The second-order valence-electron chi connectivity index (χ2n) is 5.71. The van der Waals surface area contributed by atoms with Gasteiger partial charge in [0.15, 0.2) is 21.4 Å². The molecular weight excluding hydrogens is 418 g/mol. The van der Waals surface area contributed by atoms with Gasteiger partial charge in [-0.3, -0.25) is 14.4 Å². The van der Waals surface area contributed by atoms with Gasteiger partial charge >= 0.3 is 12.3 Å². The Labute approximate surface area is 163 Å². The minimum absolute atomic E-state index is 0.0306. The van der Waals surface area contributed by atoms with E-state index in [9.17, 15) is 37.8 Å². The van der Waals surface area contributed by atoms with E-state index in [1.54, 1.807) is 0 Å². The molecule has 2 N–H and O–H groups in total. The minimum Gasteiger partial charge on any atom is -0.492 e. The molecule has 0 atom stereocenters. The average Bonchev–Trinajstić information content (AvgIpc) is 3.11. The summed E-state index contributed by atoms with van der Waals surface area (Å²) in [7, 11) is -3.81. The number of ketones is 2. The fourth-order valence-corrected chi connectivity index (χ4v) is 3.03. The van der Waals surface area contributed by atoms with Crippen LogP contribution in [0.4, 0.5) is 9.59 Å². The van der Waals surface area contributed by atoms with E-state index in [1.807, 2.05) is 0 Å². The Kier molecular flexibility index (Phi) is 7.03. The number of nitrogens with zero attached hydrogens (tertiary/aromatic N) is 1. The van der Waals surface area contributed by atoms with E-state index in [2.05, 4.69) is 19.0 Å². The third-order valence-electron chi connectivity index (χ3n) is 3.61. The smallest absolute Gasteiger partial charge is 0.492 e. The standard InChI is InChI=1S/C15H17NO12S/c17-9-1-2-10(18)13(9)27-14(21)25-5-7-29(23,24)8-6-26-15(22)28-16-11(19)3-4-12(16)20/h3-4,13,19-20H,1-2,5-8H2. The fraction of sp³-hybridized carbons (Fsp3) is 0.467. The van der Waals surface area contributed by atoms with Crippen molar-refractivity contribution in [2.45, 2.75) is 18.9 Å². The van der Waals surface area contributed by atoms with E-state index >= 15 is 0 Å². The summed E-state index contributed by atoms with van der Waals surface area (Å²) in [6.07, 6.45) is -4.31. The lowest BCUT2D eigenvalue weighted by Gasteiger charge is -2.10. The van der Waals surface area contributed by atoms with Crippen molar-refractivity contribution in [2.24, 2.45) is 0 Å². The van der Waals surface area contributed by atoms with E-state index in [0.717, 1.165) is 12.1 Å². The molecule has 160 valence electrons. The molecule has 1 aromatic heterocycles.